The van der Waals surface area contributed by atoms with Crippen LogP contribution in [0.3, 0.4) is 0 Å². The SMILES string of the molecule is CC(CN)CC(=O)N[C@H](C)c1ccccc1. The molecule has 0 radical (unpaired) electrons. The molecule has 1 unspecified atom stereocenters. The summed E-state index contributed by atoms with van der Waals surface area (Å²) in [5.74, 6) is 0.303. The van der Waals surface area contributed by atoms with Gasteiger partial charge in [-0.25, -0.2) is 0 Å². The summed E-state index contributed by atoms with van der Waals surface area (Å²) in [6, 6.07) is 9.99. The van der Waals surface area contributed by atoms with Gasteiger partial charge in [0.15, 0.2) is 0 Å². The van der Waals surface area contributed by atoms with Gasteiger partial charge in [-0.3, -0.25) is 4.79 Å². The average molecular weight is 220 g/mol. The van der Waals surface area contributed by atoms with Crippen molar-refractivity contribution < 1.29 is 4.79 Å². The Morgan fingerprint density at radius 1 is 1.31 bits per heavy atom. The normalized spacial score (nSPS) is 14.2. The van der Waals surface area contributed by atoms with Gasteiger partial charge in [0.05, 0.1) is 6.04 Å². The van der Waals surface area contributed by atoms with Gasteiger partial charge in [0, 0.05) is 6.42 Å². The third kappa shape index (κ3) is 4.03. The fourth-order valence-electron chi connectivity index (χ4n) is 1.53. The lowest BCUT2D eigenvalue weighted by molar-refractivity contribution is -0.122. The summed E-state index contributed by atoms with van der Waals surface area (Å²) in [4.78, 5) is 11.6. The minimum absolute atomic E-state index is 0.0543. The van der Waals surface area contributed by atoms with Crippen molar-refractivity contribution in [2.24, 2.45) is 11.7 Å². The third-order valence-electron chi connectivity index (χ3n) is 2.61. The van der Waals surface area contributed by atoms with Crippen LogP contribution in [-0.2, 0) is 4.79 Å². The maximum Gasteiger partial charge on any atom is 0.220 e. The van der Waals surface area contributed by atoms with Crippen LogP contribution in [0.4, 0.5) is 0 Å². The second-order valence-corrected chi connectivity index (χ2v) is 4.24. The van der Waals surface area contributed by atoms with Crippen molar-refractivity contribution >= 4 is 5.91 Å². The summed E-state index contributed by atoms with van der Waals surface area (Å²) in [7, 11) is 0. The predicted molar refractivity (Wildman–Crippen MR) is 65.8 cm³/mol. The van der Waals surface area contributed by atoms with Crippen molar-refractivity contribution in [3.8, 4) is 0 Å². The molecule has 0 spiro atoms. The van der Waals surface area contributed by atoms with Crippen LogP contribution >= 0.6 is 0 Å². The zero-order valence-electron chi connectivity index (χ0n) is 9.94. The Morgan fingerprint density at radius 3 is 2.50 bits per heavy atom. The molecular formula is C13H20N2O. The number of carbonyl (C=O) groups is 1. The second-order valence-electron chi connectivity index (χ2n) is 4.24. The zero-order chi connectivity index (χ0) is 12.0. The number of rotatable bonds is 5. The molecule has 0 heterocycles. The number of hydrogen-bond acceptors (Lipinski definition) is 2. The average Bonchev–Trinajstić information content (AvgIpc) is 2.29. The minimum atomic E-state index is 0.0543. The largest absolute Gasteiger partial charge is 0.350 e. The molecule has 0 saturated carbocycles. The molecule has 3 nitrogen and oxygen atoms in total. The van der Waals surface area contributed by atoms with Crippen LogP contribution in [0, 0.1) is 5.92 Å². The summed E-state index contributed by atoms with van der Waals surface area (Å²) in [5, 5.41) is 2.97. The predicted octanol–water partition coefficient (Wildman–Crippen LogP) is 1.85. The first kappa shape index (κ1) is 12.7. The van der Waals surface area contributed by atoms with Gasteiger partial charge in [-0.15, -0.1) is 0 Å². The molecule has 0 aliphatic heterocycles. The standard InChI is InChI=1S/C13H20N2O/c1-10(9-14)8-13(16)15-11(2)12-6-4-3-5-7-12/h3-7,10-11H,8-9,14H2,1-2H3,(H,15,16)/t10?,11-/m1/s1. The van der Waals surface area contributed by atoms with Crippen molar-refractivity contribution in [2.75, 3.05) is 6.54 Å². The maximum absolute atomic E-state index is 11.6. The molecular weight excluding hydrogens is 200 g/mol. The first-order valence-electron chi connectivity index (χ1n) is 5.68. The summed E-state index contributed by atoms with van der Waals surface area (Å²) in [6.07, 6.45) is 0.494. The fraction of sp³-hybridized carbons (Fsp3) is 0.462. The third-order valence-corrected chi connectivity index (χ3v) is 2.61. The Balaban J connectivity index is 2.46. The molecule has 3 heteroatoms. The lowest BCUT2D eigenvalue weighted by Gasteiger charge is -2.15. The Hall–Kier alpha value is -1.35. The van der Waals surface area contributed by atoms with Gasteiger partial charge in [0.1, 0.15) is 0 Å². The van der Waals surface area contributed by atoms with Crippen LogP contribution < -0.4 is 11.1 Å². The topological polar surface area (TPSA) is 55.1 Å². The Bertz CT molecular complexity index is 324. The van der Waals surface area contributed by atoms with Crippen LogP contribution in [0.25, 0.3) is 0 Å². The van der Waals surface area contributed by atoms with Crippen molar-refractivity contribution in [1.29, 1.82) is 0 Å². The number of amides is 1. The Morgan fingerprint density at radius 2 is 1.94 bits per heavy atom. The second kappa shape index (κ2) is 6.28. The Labute approximate surface area is 97.0 Å². The molecule has 0 aromatic heterocycles. The van der Waals surface area contributed by atoms with E-state index in [2.05, 4.69) is 5.32 Å². The molecule has 0 saturated heterocycles. The van der Waals surface area contributed by atoms with Gasteiger partial charge in [0.2, 0.25) is 5.91 Å². The summed E-state index contributed by atoms with van der Waals surface area (Å²) in [5.41, 5.74) is 6.60. The molecule has 0 aliphatic rings. The molecule has 1 aromatic carbocycles. The molecule has 16 heavy (non-hydrogen) atoms. The van der Waals surface area contributed by atoms with Crippen LogP contribution in [0.2, 0.25) is 0 Å². The lowest BCUT2D eigenvalue weighted by Crippen LogP contribution is -2.29. The summed E-state index contributed by atoms with van der Waals surface area (Å²) < 4.78 is 0. The van der Waals surface area contributed by atoms with Crippen molar-refractivity contribution in [3.63, 3.8) is 0 Å². The molecule has 0 bridgehead atoms. The number of hydrogen-bond donors (Lipinski definition) is 2. The van der Waals surface area contributed by atoms with Gasteiger partial charge in [-0.05, 0) is 24.9 Å². The van der Waals surface area contributed by atoms with E-state index >= 15 is 0 Å². The highest BCUT2D eigenvalue weighted by atomic mass is 16.1. The van der Waals surface area contributed by atoms with Crippen molar-refractivity contribution in [2.45, 2.75) is 26.3 Å². The molecule has 1 amide bonds. The van der Waals surface area contributed by atoms with Gasteiger partial charge in [0.25, 0.3) is 0 Å². The van der Waals surface area contributed by atoms with Gasteiger partial charge < -0.3 is 11.1 Å². The monoisotopic (exact) mass is 220 g/mol. The van der Waals surface area contributed by atoms with Crippen LogP contribution in [-0.4, -0.2) is 12.5 Å². The highest BCUT2D eigenvalue weighted by Gasteiger charge is 2.11. The van der Waals surface area contributed by atoms with E-state index < -0.39 is 0 Å². The first-order valence-corrected chi connectivity index (χ1v) is 5.68. The number of benzene rings is 1. The van der Waals surface area contributed by atoms with Crippen molar-refractivity contribution in [3.05, 3.63) is 35.9 Å². The van der Waals surface area contributed by atoms with E-state index in [0.29, 0.717) is 13.0 Å². The highest BCUT2D eigenvalue weighted by molar-refractivity contribution is 5.76. The lowest BCUT2D eigenvalue weighted by atomic mass is 10.1. The van der Waals surface area contributed by atoms with Crippen molar-refractivity contribution in [1.82, 2.24) is 5.32 Å². The zero-order valence-corrected chi connectivity index (χ0v) is 9.94. The van der Waals surface area contributed by atoms with Gasteiger partial charge >= 0.3 is 0 Å². The van der Waals surface area contributed by atoms with Crippen LogP contribution in [0.1, 0.15) is 31.9 Å². The van der Waals surface area contributed by atoms with E-state index in [1.807, 2.05) is 44.2 Å². The van der Waals surface area contributed by atoms with E-state index in [1.165, 1.54) is 0 Å². The van der Waals surface area contributed by atoms with E-state index in [0.717, 1.165) is 5.56 Å². The molecule has 3 N–H and O–H groups in total. The molecule has 1 aromatic rings. The smallest absolute Gasteiger partial charge is 0.220 e. The van der Waals surface area contributed by atoms with E-state index in [4.69, 9.17) is 5.73 Å². The fourth-order valence-corrected chi connectivity index (χ4v) is 1.53. The van der Waals surface area contributed by atoms with Gasteiger partial charge in [-0.1, -0.05) is 37.3 Å². The number of carbonyl (C=O) groups excluding carboxylic acids is 1. The van der Waals surface area contributed by atoms with E-state index in [9.17, 15) is 4.79 Å². The maximum atomic E-state index is 11.6. The quantitative estimate of drug-likeness (QED) is 0.795. The highest BCUT2D eigenvalue weighted by Crippen LogP contribution is 2.11. The van der Waals surface area contributed by atoms with E-state index in [1.54, 1.807) is 0 Å². The summed E-state index contributed by atoms with van der Waals surface area (Å²) in [6.45, 7) is 4.51. The van der Waals surface area contributed by atoms with Gasteiger partial charge in [-0.2, -0.15) is 0 Å². The molecule has 0 aliphatic carbocycles. The van der Waals surface area contributed by atoms with E-state index in [-0.39, 0.29) is 17.9 Å². The number of nitrogens with two attached hydrogens (primary N) is 1. The molecule has 2 atom stereocenters. The minimum Gasteiger partial charge on any atom is -0.350 e. The number of nitrogens with one attached hydrogen (secondary N) is 1. The molecule has 0 fully saturated rings. The Kier molecular flexibility index (Phi) is 4.99. The molecule has 88 valence electrons. The summed E-state index contributed by atoms with van der Waals surface area (Å²) >= 11 is 0. The molecule has 1 rings (SSSR count). The first-order chi connectivity index (χ1) is 7.63. The van der Waals surface area contributed by atoms with Crippen LogP contribution in [0.15, 0.2) is 30.3 Å². The van der Waals surface area contributed by atoms with Crippen LogP contribution in [0.5, 0.6) is 0 Å².